The van der Waals surface area contributed by atoms with Crippen LogP contribution in [0.25, 0.3) is 11.1 Å². The Kier molecular flexibility index (Phi) is 12.6. The smallest absolute Gasteiger partial charge is 0.259 e. The van der Waals surface area contributed by atoms with Crippen molar-refractivity contribution >= 4 is 22.4 Å². The van der Waals surface area contributed by atoms with Gasteiger partial charge in [0.15, 0.2) is 0 Å². The van der Waals surface area contributed by atoms with Gasteiger partial charge in [0, 0.05) is 34.4 Å². The summed E-state index contributed by atoms with van der Waals surface area (Å²) in [5.74, 6) is 1.92. The monoisotopic (exact) mass is 587 g/mol. The summed E-state index contributed by atoms with van der Waals surface area (Å²) in [5.41, 5.74) is 6.93. The molecular formula is C34H45N5O2S. The number of aromatic nitrogens is 4. The lowest BCUT2D eigenvalue weighted by molar-refractivity contribution is 0.102. The first kappa shape index (κ1) is 32.9. The molecule has 3 heterocycles. The van der Waals surface area contributed by atoms with E-state index in [0.29, 0.717) is 16.4 Å². The average molecular weight is 588 g/mol. The van der Waals surface area contributed by atoms with Crippen LogP contribution < -0.4 is 10.1 Å². The molecule has 3 aromatic heterocycles. The van der Waals surface area contributed by atoms with Gasteiger partial charge in [-0.3, -0.25) is 20.1 Å². The van der Waals surface area contributed by atoms with Gasteiger partial charge in [-0.15, -0.1) is 10.2 Å². The van der Waals surface area contributed by atoms with Gasteiger partial charge >= 0.3 is 0 Å². The molecule has 4 rings (SSSR count). The number of amides is 1. The molecule has 42 heavy (non-hydrogen) atoms. The number of nitrogens with zero attached hydrogens (tertiary/aromatic N) is 4. The first-order valence-electron chi connectivity index (χ1n) is 14.8. The molecule has 4 aromatic rings. The van der Waals surface area contributed by atoms with Crippen LogP contribution in [-0.4, -0.2) is 33.2 Å². The van der Waals surface area contributed by atoms with Crippen LogP contribution in [-0.2, 0) is 19.3 Å². The fraction of sp³-hybridized carbons (Fsp3) is 0.441. The van der Waals surface area contributed by atoms with E-state index in [2.05, 4.69) is 67.2 Å². The lowest BCUT2D eigenvalue weighted by Crippen LogP contribution is -2.14. The van der Waals surface area contributed by atoms with Gasteiger partial charge < -0.3 is 4.74 Å². The fourth-order valence-electron chi connectivity index (χ4n) is 4.50. The van der Waals surface area contributed by atoms with Crippen molar-refractivity contribution in [3.8, 4) is 16.9 Å². The summed E-state index contributed by atoms with van der Waals surface area (Å²) in [6.07, 6.45) is 7.40. The highest BCUT2D eigenvalue weighted by molar-refractivity contribution is 7.15. The minimum Gasteiger partial charge on any atom is -0.496 e. The molecule has 0 spiro atoms. The fourth-order valence-corrected chi connectivity index (χ4v) is 5.08. The second-order valence-electron chi connectivity index (χ2n) is 11.1. The van der Waals surface area contributed by atoms with E-state index in [1.807, 2.05) is 44.2 Å². The summed E-state index contributed by atoms with van der Waals surface area (Å²) in [5, 5.41) is 11.9. The molecule has 0 fully saturated rings. The van der Waals surface area contributed by atoms with Crippen LogP contribution in [0.1, 0.15) is 85.5 Å². The number of methoxy groups -OCH3 is 1. The zero-order valence-electron chi connectivity index (χ0n) is 26.3. The summed E-state index contributed by atoms with van der Waals surface area (Å²) in [4.78, 5) is 21.8. The SMILES string of the molecule is CCc1ccc(CC(C)CC)nc1CCC(C)C.COc1ccccc1-c1cc(C)ncc1C(=O)Nc1nnc(C)s1. The molecule has 0 aliphatic rings. The van der Waals surface area contributed by atoms with E-state index in [0.717, 1.165) is 52.9 Å². The predicted molar refractivity (Wildman–Crippen MR) is 173 cm³/mol. The third-order valence-corrected chi connectivity index (χ3v) is 7.90. The molecule has 0 saturated carbocycles. The molecule has 0 radical (unpaired) electrons. The number of carbonyl (C=O) groups excluding carboxylic acids is 1. The summed E-state index contributed by atoms with van der Waals surface area (Å²) in [6.45, 7) is 15.1. The number of anilines is 1. The minimum atomic E-state index is -0.278. The normalized spacial score (nSPS) is 11.5. The highest BCUT2D eigenvalue weighted by atomic mass is 32.1. The van der Waals surface area contributed by atoms with Crippen LogP contribution in [0.2, 0.25) is 0 Å². The number of ether oxygens (including phenoxy) is 1. The maximum Gasteiger partial charge on any atom is 0.259 e. The standard InChI is InChI=1S/C17H16N4O2S.C17H29N/c1-10-8-13(12-6-4-5-7-15(12)23-3)14(9-18-10)16(22)19-17-21-20-11(2)24-17;1-6-14(5)12-16-10-9-15(7-2)17(18-16)11-8-13(3)4/h4-9H,1-3H3,(H,19,21,22);9-10,13-14H,6-8,11-12H2,1-5H3. The Morgan fingerprint density at radius 3 is 2.43 bits per heavy atom. The van der Waals surface area contributed by atoms with Crippen molar-refractivity contribution in [3.63, 3.8) is 0 Å². The third-order valence-electron chi connectivity index (χ3n) is 7.15. The molecule has 7 nitrogen and oxygen atoms in total. The van der Waals surface area contributed by atoms with Crippen LogP contribution in [0.3, 0.4) is 0 Å². The van der Waals surface area contributed by atoms with E-state index in [4.69, 9.17) is 9.72 Å². The van der Waals surface area contributed by atoms with Gasteiger partial charge in [0.1, 0.15) is 10.8 Å². The highest BCUT2D eigenvalue weighted by Crippen LogP contribution is 2.33. The molecule has 224 valence electrons. The van der Waals surface area contributed by atoms with E-state index in [9.17, 15) is 4.79 Å². The number of hydrogen-bond acceptors (Lipinski definition) is 7. The third kappa shape index (κ3) is 9.44. The van der Waals surface area contributed by atoms with Crippen molar-refractivity contribution in [2.75, 3.05) is 12.4 Å². The van der Waals surface area contributed by atoms with Crippen molar-refractivity contribution in [2.45, 2.75) is 80.6 Å². The average Bonchev–Trinajstić information content (AvgIpc) is 3.40. The van der Waals surface area contributed by atoms with Gasteiger partial charge in [-0.1, -0.05) is 76.6 Å². The Bertz CT molecular complexity index is 1450. The van der Waals surface area contributed by atoms with E-state index < -0.39 is 0 Å². The van der Waals surface area contributed by atoms with Crippen LogP contribution in [0, 0.1) is 25.7 Å². The van der Waals surface area contributed by atoms with Crippen LogP contribution >= 0.6 is 11.3 Å². The Balaban J connectivity index is 0.000000241. The van der Waals surface area contributed by atoms with Gasteiger partial charge in [-0.25, -0.2) is 0 Å². The van der Waals surface area contributed by atoms with Gasteiger partial charge in [0.2, 0.25) is 5.13 Å². The molecule has 1 unspecified atom stereocenters. The Morgan fingerprint density at radius 1 is 1.02 bits per heavy atom. The zero-order chi connectivity index (χ0) is 30.6. The second-order valence-corrected chi connectivity index (χ2v) is 12.2. The molecule has 0 aliphatic carbocycles. The lowest BCUT2D eigenvalue weighted by atomic mass is 9.98. The molecule has 1 atom stereocenters. The number of rotatable bonds is 11. The Morgan fingerprint density at radius 2 is 1.79 bits per heavy atom. The second kappa shape index (κ2) is 16.1. The molecule has 1 N–H and O–H groups in total. The molecule has 0 aliphatic heterocycles. The van der Waals surface area contributed by atoms with E-state index in [1.165, 1.54) is 41.1 Å². The maximum absolute atomic E-state index is 12.7. The Hall–Kier alpha value is -3.65. The number of benzene rings is 1. The number of carbonyl (C=O) groups is 1. The van der Waals surface area contributed by atoms with Gasteiger partial charge in [-0.05, 0) is 75.1 Å². The molecule has 1 aromatic carbocycles. The van der Waals surface area contributed by atoms with Gasteiger partial charge in [0.25, 0.3) is 5.91 Å². The van der Waals surface area contributed by atoms with E-state index in [-0.39, 0.29) is 5.91 Å². The van der Waals surface area contributed by atoms with Crippen LogP contribution in [0.15, 0.2) is 48.7 Å². The van der Waals surface area contributed by atoms with Crippen LogP contribution in [0.5, 0.6) is 5.75 Å². The summed E-state index contributed by atoms with van der Waals surface area (Å²) < 4.78 is 5.42. The van der Waals surface area contributed by atoms with Crippen molar-refractivity contribution in [1.29, 1.82) is 0 Å². The first-order valence-corrected chi connectivity index (χ1v) is 15.7. The molecule has 1 amide bonds. The quantitative estimate of drug-likeness (QED) is 0.190. The highest BCUT2D eigenvalue weighted by Gasteiger charge is 2.18. The number of hydrogen-bond donors (Lipinski definition) is 1. The molecule has 0 saturated heterocycles. The van der Waals surface area contributed by atoms with Gasteiger partial charge in [0.05, 0.1) is 12.7 Å². The lowest BCUT2D eigenvalue weighted by Gasteiger charge is -2.13. The number of nitrogens with one attached hydrogen (secondary N) is 1. The van der Waals surface area contributed by atoms with Crippen molar-refractivity contribution < 1.29 is 9.53 Å². The van der Waals surface area contributed by atoms with Crippen molar-refractivity contribution in [2.24, 2.45) is 11.8 Å². The zero-order valence-corrected chi connectivity index (χ0v) is 27.1. The van der Waals surface area contributed by atoms with Gasteiger partial charge in [-0.2, -0.15) is 0 Å². The summed E-state index contributed by atoms with van der Waals surface area (Å²) in [6, 6.07) is 14.0. The molecule has 8 heteroatoms. The van der Waals surface area contributed by atoms with E-state index in [1.54, 1.807) is 13.3 Å². The largest absolute Gasteiger partial charge is 0.496 e. The maximum atomic E-state index is 12.7. The Labute approximate surface area is 255 Å². The topological polar surface area (TPSA) is 89.9 Å². The summed E-state index contributed by atoms with van der Waals surface area (Å²) in [7, 11) is 1.61. The van der Waals surface area contributed by atoms with Crippen molar-refractivity contribution in [3.05, 3.63) is 81.9 Å². The molecular weight excluding hydrogens is 542 g/mol. The molecule has 0 bridgehead atoms. The summed E-state index contributed by atoms with van der Waals surface area (Å²) >= 11 is 1.32. The number of para-hydroxylation sites is 1. The van der Waals surface area contributed by atoms with Crippen LogP contribution in [0.4, 0.5) is 5.13 Å². The first-order chi connectivity index (χ1) is 20.1. The van der Waals surface area contributed by atoms with Crippen molar-refractivity contribution in [1.82, 2.24) is 20.2 Å². The number of pyridine rings is 2. The number of aryl methyl sites for hydroxylation is 4. The predicted octanol–water partition coefficient (Wildman–Crippen LogP) is 8.30. The van der Waals surface area contributed by atoms with E-state index >= 15 is 0 Å². The minimum absolute atomic E-state index is 0.278.